The molecule has 0 aliphatic carbocycles. The molecule has 2 aliphatic heterocycles. The van der Waals surface area contributed by atoms with E-state index in [1.807, 2.05) is 0 Å². The Morgan fingerprint density at radius 1 is 1.55 bits per heavy atom. The Hall–Kier alpha value is -1.44. The topological polar surface area (TPSA) is 99.1 Å². The number of aliphatic hydroxyl groups excluding tert-OH is 2. The van der Waals surface area contributed by atoms with Crippen molar-refractivity contribution in [1.29, 1.82) is 0 Å². The smallest absolute Gasteiger partial charge is 0.326 e. The SMILES string of the molecule is CC=CC1(C)CN([C@H]2C[C@H](O)[C@@H](CO)O2)C(=O)NC1=O. The second-order valence-corrected chi connectivity index (χ2v) is 5.42. The normalized spacial score (nSPS) is 38.6. The first-order valence-electron chi connectivity index (χ1n) is 6.61. The quantitative estimate of drug-likeness (QED) is 0.612. The summed E-state index contributed by atoms with van der Waals surface area (Å²) in [6, 6.07) is -0.534. The number of hydrogen-bond donors (Lipinski definition) is 3. The number of rotatable bonds is 3. The highest BCUT2D eigenvalue weighted by Crippen LogP contribution is 2.30. The molecule has 2 saturated heterocycles. The van der Waals surface area contributed by atoms with E-state index in [2.05, 4.69) is 5.32 Å². The molecule has 0 spiro atoms. The molecule has 112 valence electrons. The van der Waals surface area contributed by atoms with E-state index in [0.29, 0.717) is 0 Å². The summed E-state index contributed by atoms with van der Waals surface area (Å²) < 4.78 is 5.47. The highest BCUT2D eigenvalue weighted by atomic mass is 16.5. The van der Waals surface area contributed by atoms with Crippen molar-refractivity contribution in [2.45, 2.75) is 38.7 Å². The van der Waals surface area contributed by atoms with Gasteiger partial charge in [-0.25, -0.2) is 4.79 Å². The lowest BCUT2D eigenvalue weighted by molar-refractivity contribution is -0.133. The van der Waals surface area contributed by atoms with Gasteiger partial charge in [-0.1, -0.05) is 12.2 Å². The highest BCUT2D eigenvalue weighted by molar-refractivity contribution is 6.00. The van der Waals surface area contributed by atoms with Gasteiger partial charge in [0.15, 0.2) is 0 Å². The number of nitrogens with one attached hydrogen (secondary N) is 1. The molecule has 0 aromatic heterocycles. The van der Waals surface area contributed by atoms with Gasteiger partial charge in [-0.3, -0.25) is 15.0 Å². The van der Waals surface area contributed by atoms with Crippen LogP contribution in [0.5, 0.6) is 0 Å². The molecule has 0 radical (unpaired) electrons. The summed E-state index contributed by atoms with van der Waals surface area (Å²) in [7, 11) is 0. The van der Waals surface area contributed by atoms with Crippen molar-refractivity contribution >= 4 is 11.9 Å². The zero-order valence-electron chi connectivity index (χ0n) is 11.6. The Labute approximate surface area is 117 Å². The van der Waals surface area contributed by atoms with E-state index in [9.17, 15) is 14.7 Å². The monoisotopic (exact) mass is 284 g/mol. The first-order valence-corrected chi connectivity index (χ1v) is 6.61. The molecule has 0 saturated carbocycles. The summed E-state index contributed by atoms with van der Waals surface area (Å²) in [4.78, 5) is 25.2. The van der Waals surface area contributed by atoms with E-state index >= 15 is 0 Å². The Balaban J connectivity index is 2.16. The van der Waals surface area contributed by atoms with Crippen molar-refractivity contribution in [2.24, 2.45) is 5.41 Å². The van der Waals surface area contributed by atoms with Gasteiger partial charge in [0.1, 0.15) is 12.3 Å². The Bertz CT molecular complexity index is 438. The number of allylic oxidation sites excluding steroid dienone is 1. The molecule has 4 atom stereocenters. The second kappa shape index (κ2) is 5.51. The van der Waals surface area contributed by atoms with Crippen LogP contribution in [0.25, 0.3) is 0 Å². The average molecular weight is 284 g/mol. The fourth-order valence-corrected chi connectivity index (χ4v) is 2.61. The van der Waals surface area contributed by atoms with E-state index < -0.39 is 29.9 Å². The van der Waals surface area contributed by atoms with Gasteiger partial charge >= 0.3 is 6.03 Å². The number of nitrogens with zero attached hydrogens (tertiary/aromatic N) is 1. The maximum atomic E-state index is 11.9. The van der Waals surface area contributed by atoms with Gasteiger partial charge in [-0.2, -0.15) is 0 Å². The largest absolute Gasteiger partial charge is 0.394 e. The van der Waals surface area contributed by atoms with Gasteiger partial charge in [0.25, 0.3) is 0 Å². The van der Waals surface area contributed by atoms with Crippen LogP contribution in [-0.4, -0.2) is 58.6 Å². The Morgan fingerprint density at radius 2 is 2.25 bits per heavy atom. The highest BCUT2D eigenvalue weighted by Gasteiger charge is 2.46. The van der Waals surface area contributed by atoms with Crippen molar-refractivity contribution in [3.8, 4) is 0 Å². The van der Waals surface area contributed by atoms with Crippen molar-refractivity contribution < 1.29 is 24.5 Å². The zero-order chi connectivity index (χ0) is 14.9. The Morgan fingerprint density at radius 3 is 2.80 bits per heavy atom. The predicted octanol–water partition coefficient (Wildman–Crippen LogP) is -0.411. The fourth-order valence-electron chi connectivity index (χ4n) is 2.61. The van der Waals surface area contributed by atoms with Crippen LogP contribution < -0.4 is 5.32 Å². The van der Waals surface area contributed by atoms with Crippen LogP contribution in [0.4, 0.5) is 4.79 Å². The van der Waals surface area contributed by atoms with E-state index in [-0.39, 0.29) is 25.5 Å². The molecule has 2 aliphatic rings. The van der Waals surface area contributed by atoms with Crippen LogP contribution >= 0.6 is 0 Å². The molecule has 2 rings (SSSR count). The summed E-state index contributed by atoms with van der Waals surface area (Å²) in [5.74, 6) is -0.353. The minimum Gasteiger partial charge on any atom is -0.394 e. The number of aliphatic hydroxyl groups is 2. The summed E-state index contributed by atoms with van der Waals surface area (Å²) in [5.41, 5.74) is -0.825. The van der Waals surface area contributed by atoms with Gasteiger partial charge in [-0.05, 0) is 13.8 Å². The minimum absolute atomic E-state index is 0.178. The molecule has 0 aromatic carbocycles. The van der Waals surface area contributed by atoms with Crippen molar-refractivity contribution in [2.75, 3.05) is 13.2 Å². The molecule has 2 heterocycles. The standard InChI is InChI=1S/C13H20N2O5/c1-3-4-13(2)7-15(12(19)14-11(13)18)10-5-8(17)9(6-16)20-10/h3-4,8-10,16-17H,5-7H2,1-2H3,(H,14,18,19)/t8-,9+,10+,13?/m0/s1. The third-order valence-corrected chi connectivity index (χ3v) is 3.77. The third kappa shape index (κ3) is 2.56. The summed E-state index contributed by atoms with van der Waals surface area (Å²) >= 11 is 0. The molecular formula is C13H20N2O5. The molecule has 3 amide bonds. The van der Waals surface area contributed by atoms with Gasteiger partial charge < -0.3 is 14.9 Å². The Kier molecular flexibility index (Phi) is 4.12. The lowest BCUT2D eigenvalue weighted by Crippen LogP contribution is -2.61. The van der Waals surface area contributed by atoms with Crippen molar-refractivity contribution in [3.05, 3.63) is 12.2 Å². The molecule has 2 fully saturated rings. The lowest BCUT2D eigenvalue weighted by Gasteiger charge is -2.39. The van der Waals surface area contributed by atoms with Crippen LogP contribution in [0.2, 0.25) is 0 Å². The van der Waals surface area contributed by atoms with Crippen LogP contribution in [0.15, 0.2) is 12.2 Å². The average Bonchev–Trinajstić information content (AvgIpc) is 2.76. The van der Waals surface area contributed by atoms with E-state index in [0.717, 1.165) is 0 Å². The van der Waals surface area contributed by atoms with Gasteiger partial charge in [-0.15, -0.1) is 0 Å². The third-order valence-electron chi connectivity index (χ3n) is 3.77. The summed E-state index contributed by atoms with van der Waals surface area (Å²) in [6.07, 6.45) is 1.56. The molecule has 1 unspecified atom stereocenters. The number of carbonyl (C=O) groups excluding carboxylic acids is 2. The number of carbonyl (C=O) groups is 2. The molecule has 0 bridgehead atoms. The van der Waals surface area contributed by atoms with E-state index in [1.54, 1.807) is 26.0 Å². The fraction of sp³-hybridized carbons (Fsp3) is 0.692. The van der Waals surface area contributed by atoms with Gasteiger partial charge in [0, 0.05) is 13.0 Å². The van der Waals surface area contributed by atoms with Crippen molar-refractivity contribution in [3.63, 3.8) is 0 Å². The summed E-state index contributed by atoms with van der Waals surface area (Å²) in [5, 5.41) is 21.1. The molecule has 3 N–H and O–H groups in total. The molecule has 0 aromatic rings. The first kappa shape index (κ1) is 15.0. The van der Waals surface area contributed by atoms with E-state index in [4.69, 9.17) is 9.84 Å². The molecule has 7 nitrogen and oxygen atoms in total. The van der Waals surface area contributed by atoms with Gasteiger partial charge in [0.2, 0.25) is 5.91 Å². The van der Waals surface area contributed by atoms with Crippen LogP contribution in [0.1, 0.15) is 20.3 Å². The maximum Gasteiger partial charge on any atom is 0.326 e. The van der Waals surface area contributed by atoms with E-state index in [1.165, 1.54) is 4.90 Å². The summed E-state index contributed by atoms with van der Waals surface area (Å²) in [6.45, 7) is 3.41. The number of ether oxygens (including phenoxy) is 1. The zero-order valence-corrected chi connectivity index (χ0v) is 11.6. The second-order valence-electron chi connectivity index (χ2n) is 5.42. The lowest BCUT2D eigenvalue weighted by atomic mass is 9.86. The first-order chi connectivity index (χ1) is 9.41. The molecular weight excluding hydrogens is 264 g/mol. The molecule has 20 heavy (non-hydrogen) atoms. The van der Waals surface area contributed by atoms with Crippen LogP contribution in [-0.2, 0) is 9.53 Å². The number of imide groups is 1. The van der Waals surface area contributed by atoms with Crippen LogP contribution in [0.3, 0.4) is 0 Å². The van der Waals surface area contributed by atoms with Crippen molar-refractivity contribution in [1.82, 2.24) is 10.2 Å². The predicted molar refractivity (Wildman–Crippen MR) is 69.5 cm³/mol. The van der Waals surface area contributed by atoms with Crippen LogP contribution in [0, 0.1) is 5.41 Å². The number of amides is 3. The molecule has 7 heteroatoms. The number of hydrogen-bond acceptors (Lipinski definition) is 5. The number of urea groups is 1. The van der Waals surface area contributed by atoms with Gasteiger partial charge in [0.05, 0.1) is 18.1 Å². The maximum absolute atomic E-state index is 11.9. The minimum atomic E-state index is -0.825.